The Bertz CT molecular complexity index is 349. The molecule has 16 heavy (non-hydrogen) atoms. The van der Waals surface area contributed by atoms with Crippen molar-refractivity contribution in [2.75, 3.05) is 20.8 Å². The first-order valence-electron chi connectivity index (χ1n) is 5.04. The molecule has 0 unspecified atom stereocenters. The molecule has 1 aromatic carbocycles. The minimum Gasteiger partial charge on any atom is -0.465 e. The van der Waals surface area contributed by atoms with Gasteiger partial charge in [0.15, 0.2) is 0 Å². The molecule has 0 saturated carbocycles. The number of hydrogen-bond donors (Lipinski definition) is 1. The topological polar surface area (TPSA) is 55.8 Å². The molecule has 1 aromatic rings. The summed E-state index contributed by atoms with van der Waals surface area (Å²) in [6, 6.07) is 6.77. The monoisotopic (exact) mass is 224 g/mol. The van der Waals surface area contributed by atoms with Crippen LogP contribution in [0.1, 0.15) is 28.4 Å². The third-order valence-corrected chi connectivity index (χ3v) is 2.29. The summed E-state index contributed by atoms with van der Waals surface area (Å²) in [5, 5.41) is 9.80. The van der Waals surface area contributed by atoms with Gasteiger partial charge in [0.05, 0.1) is 18.8 Å². The standard InChI is InChI=1S/C12H16O4/c1-15-7-6-11(13)9-4-3-5-10(8-9)12(14)16-2/h3-5,8,11,13H,6-7H2,1-2H3/t11-/m0/s1. The Labute approximate surface area is 94.8 Å². The smallest absolute Gasteiger partial charge is 0.337 e. The lowest BCUT2D eigenvalue weighted by molar-refractivity contribution is 0.0600. The highest BCUT2D eigenvalue weighted by Gasteiger charge is 2.11. The second kappa shape index (κ2) is 6.25. The second-order valence-corrected chi connectivity index (χ2v) is 3.41. The Kier molecular flexibility index (Phi) is 4.95. The highest BCUT2D eigenvalue weighted by molar-refractivity contribution is 5.89. The highest BCUT2D eigenvalue weighted by Crippen LogP contribution is 2.18. The van der Waals surface area contributed by atoms with Gasteiger partial charge >= 0.3 is 5.97 Å². The van der Waals surface area contributed by atoms with Crippen LogP contribution in [0.15, 0.2) is 24.3 Å². The largest absolute Gasteiger partial charge is 0.465 e. The average Bonchev–Trinajstić information content (AvgIpc) is 2.35. The van der Waals surface area contributed by atoms with Gasteiger partial charge in [0.1, 0.15) is 0 Å². The van der Waals surface area contributed by atoms with Crippen LogP contribution in [0, 0.1) is 0 Å². The maximum atomic E-state index is 11.3. The number of ether oxygens (including phenoxy) is 2. The lowest BCUT2D eigenvalue weighted by Gasteiger charge is -2.11. The van der Waals surface area contributed by atoms with E-state index in [0.717, 1.165) is 0 Å². The molecule has 0 aliphatic carbocycles. The molecular formula is C12H16O4. The van der Waals surface area contributed by atoms with Gasteiger partial charge in [-0.2, -0.15) is 0 Å². The van der Waals surface area contributed by atoms with Gasteiger partial charge in [-0.1, -0.05) is 12.1 Å². The van der Waals surface area contributed by atoms with Crippen LogP contribution in [0.4, 0.5) is 0 Å². The Morgan fingerprint density at radius 2 is 2.19 bits per heavy atom. The number of benzene rings is 1. The Morgan fingerprint density at radius 3 is 2.81 bits per heavy atom. The maximum absolute atomic E-state index is 11.3. The van der Waals surface area contributed by atoms with Gasteiger partial charge in [0, 0.05) is 20.1 Å². The molecular weight excluding hydrogens is 208 g/mol. The van der Waals surface area contributed by atoms with Gasteiger partial charge < -0.3 is 14.6 Å². The molecule has 0 saturated heterocycles. The Balaban J connectivity index is 2.77. The van der Waals surface area contributed by atoms with E-state index in [0.29, 0.717) is 24.2 Å². The van der Waals surface area contributed by atoms with Crippen LogP contribution in [0.25, 0.3) is 0 Å². The predicted molar refractivity (Wildman–Crippen MR) is 59.2 cm³/mol. The zero-order chi connectivity index (χ0) is 12.0. The Hall–Kier alpha value is -1.39. The van der Waals surface area contributed by atoms with E-state index in [9.17, 15) is 9.90 Å². The number of rotatable bonds is 5. The van der Waals surface area contributed by atoms with E-state index < -0.39 is 12.1 Å². The van der Waals surface area contributed by atoms with Crippen molar-refractivity contribution in [3.8, 4) is 0 Å². The van der Waals surface area contributed by atoms with Crippen LogP contribution in [0.5, 0.6) is 0 Å². The van der Waals surface area contributed by atoms with Crippen molar-refractivity contribution >= 4 is 5.97 Å². The zero-order valence-electron chi connectivity index (χ0n) is 9.47. The van der Waals surface area contributed by atoms with Crippen molar-refractivity contribution in [3.05, 3.63) is 35.4 Å². The van der Waals surface area contributed by atoms with Gasteiger partial charge in [-0.05, 0) is 17.7 Å². The molecule has 1 N–H and O–H groups in total. The van der Waals surface area contributed by atoms with Crippen LogP contribution in [0.2, 0.25) is 0 Å². The van der Waals surface area contributed by atoms with Crippen LogP contribution in [-0.4, -0.2) is 31.9 Å². The fourth-order valence-electron chi connectivity index (χ4n) is 1.39. The molecule has 0 amide bonds. The van der Waals surface area contributed by atoms with Gasteiger partial charge in [-0.25, -0.2) is 4.79 Å². The first-order valence-corrected chi connectivity index (χ1v) is 5.04. The molecule has 0 radical (unpaired) electrons. The van der Waals surface area contributed by atoms with Crippen molar-refractivity contribution in [1.29, 1.82) is 0 Å². The minimum absolute atomic E-state index is 0.402. The normalized spacial score (nSPS) is 12.2. The number of carbonyl (C=O) groups is 1. The van der Waals surface area contributed by atoms with Crippen LogP contribution >= 0.6 is 0 Å². The number of methoxy groups -OCH3 is 2. The van der Waals surface area contributed by atoms with Crippen molar-refractivity contribution in [1.82, 2.24) is 0 Å². The van der Waals surface area contributed by atoms with Gasteiger partial charge in [0.2, 0.25) is 0 Å². The van der Waals surface area contributed by atoms with Crippen LogP contribution in [0.3, 0.4) is 0 Å². The number of aliphatic hydroxyl groups excluding tert-OH is 1. The maximum Gasteiger partial charge on any atom is 0.337 e. The number of esters is 1. The van der Waals surface area contributed by atoms with Gasteiger partial charge in [-0.15, -0.1) is 0 Å². The minimum atomic E-state index is -0.621. The van der Waals surface area contributed by atoms with Gasteiger partial charge in [0.25, 0.3) is 0 Å². The molecule has 0 aliphatic heterocycles. The molecule has 4 nitrogen and oxygen atoms in total. The number of carbonyl (C=O) groups excluding carboxylic acids is 1. The van der Waals surface area contributed by atoms with E-state index >= 15 is 0 Å². The molecule has 1 rings (SSSR count). The molecule has 0 fully saturated rings. The van der Waals surface area contributed by atoms with E-state index in [1.165, 1.54) is 7.11 Å². The molecule has 0 heterocycles. The van der Waals surface area contributed by atoms with Crippen LogP contribution in [-0.2, 0) is 9.47 Å². The molecule has 0 aromatic heterocycles. The van der Waals surface area contributed by atoms with E-state index in [4.69, 9.17) is 4.74 Å². The summed E-state index contributed by atoms with van der Waals surface area (Å²) < 4.78 is 9.49. The Morgan fingerprint density at radius 1 is 1.44 bits per heavy atom. The molecule has 0 bridgehead atoms. The van der Waals surface area contributed by atoms with Crippen molar-refractivity contribution in [2.45, 2.75) is 12.5 Å². The van der Waals surface area contributed by atoms with E-state index in [1.54, 1.807) is 31.4 Å². The first kappa shape index (κ1) is 12.7. The molecule has 1 atom stereocenters. The summed E-state index contributed by atoms with van der Waals surface area (Å²) in [4.78, 5) is 11.3. The van der Waals surface area contributed by atoms with E-state index in [1.807, 2.05) is 0 Å². The third-order valence-electron chi connectivity index (χ3n) is 2.29. The summed E-state index contributed by atoms with van der Waals surface area (Å²) in [5.41, 5.74) is 1.14. The highest BCUT2D eigenvalue weighted by atomic mass is 16.5. The lowest BCUT2D eigenvalue weighted by Crippen LogP contribution is -2.05. The number of aliphatic hydroxyl groups is 1. The number of hydrogen-bond acceptors (Lipinski definition) is 4. The summed E-state index contributed by atoms with van der Waals surface area (Å²) in [6.07, 6.45) is -0.120. The van der Waals surface area contributed by atoms with Gasteiger partial charge in [-0.3, -0.25) is 0 Å². The quantitative estimate of drug-likeness (QED) is 0.771. The summed E-state index contributed by atoms with van der Waals surface area (Å²) in [7, 11) is 2.91. The van der Waals surface area contributed by atoms with Crippen molar-refractivity contribution in [2.24, 2.45) is 0 Å². The van der Waals surface area contributed by atoms with Crippen molar-refractivity contribution < 1.29 is 19.4 Å². The van der Waals surface area contributed by atoms with E-state index in [2.05, 4.69) is 4.74 Å². The third kappa shape index (κ3) is 3.32. The SMILES string of the molecule is COCC[C@H](O)c1cccc(C(=O)OC)c1. The summed E-state index contributed by atoms with van der Waals surface area (Å²) >= 11 is 0. The zero-order valence-corrected chi connectivity index (χ0v) is 9.47. The van der Waals surface area contributed by atoms with Crippen LogP contribution < -0.4 is 0 Å². The lowest BCUT2D eigenvalue weighted by atomic mass is 10.0. The molecule has 0 spiro atoms. The fraction of sp³-hybridized carbons (Fsp3) is 0.417. The summed E-state index contributed by atoms with van der Waals surface area (Å²) in [6.45, 7) is 0.476. The second-order valence-electron chi connectivity index (χ2n) is 3.41. The predicted octanol–water partition coefficient (Wildman–Crippen LogP) is 1.54. The van der Waals surface area contributed by atoms with Crippen molar-refractivity contribution in [3.63, 3.8) is 0 Å². The molecule has 88 valence electrons. The summed E-state index contributed by atoms with van der Waals surface area (Å²) in [5.74, 6) is -0.402. The molecule has 0 aliphatic rings. The first-order chi connectivity index (χ1) is 7.69. The van der Waals surface area contributed by atoms with E-state index in [-0.39, 0.29) is 0 Å². The fourth-order valence-corrected chi connectivity index (χ4v) is 1.39. The average molecular weight is 224 g/mol. The molecule has 4 heteroatoms.